The van der Waals surface area contributed by atoms with E-state index in [4.69, 9.17) is 5.73 Å². The molecule has 0 fully saturated rings. The van der Waals surface area contributed by atoms with Crippen LogP contribution in [-0.4, -0.2) is 50.1 Å². The van der Waals surface area contributed by atoms with Gasteiger partial charge in [-0.15, -0.1) is 0 Å². The third-order valence-electron chi connectivity index (χ3n) is 3.19. The molecule has 0 bridgehead atoms. The highest BCUT2D eigenvalue weighted by molar-refractivity contribution is 5.69. The second-order valence-electron chi connectivity index (χ2n) is 5.60. The fraction of sp³-hybridized carbons (Fsp3) is 0.812. The van der Waals surface area contributed by atoms with E-state index >= 15 is 0 Å². The molecule has 5 heteroatoms. The molecule has 0 amide bonds. The first-order valence-electron chi connectivity index (χ1n) is 7.88. The predicted molar refractivity (Wildman–Crippen MR) is 92.2 cm³/mol. The van der Waals surface area contributed by atoms with Crippen molar-refractivity contribution in [2.24, 2.45) is 10.7 Å². The molecule has 21 heavy (non-hydrogen) atoms. The summed E-state index contributed by atoms with van der Waals surface area (Å²) < 4.78 is 0. The van der Waals surface area contributed by atoms with E-state index in [1.54, 1.807) is 0 Å². The van der Waals surface area contributed by atoms with E-state index in [0.717, 1.165) is 38.8 Å². The second-order valence-corrected chi connectivity index (χ2v) is 5.60. The average Bonchev–Trinajstić information content (AvgIpc) is 2.45. The smallest absolute Gasteiger partial charge is 0.155 e. The Bertz CT molecular complexity index is 340. The van der Waals surface area contributed by atoms with Gasteiger partial charge in [0.2, 0.25) is 0 Å². The normalized spacial score (nSPS) is 15.6. The van der Waals surface area contributed by atoms with Gasteiger partial charge in [-0.25, -0.2) is 0 Å². The molecule has 0 aliphatic carbocycles. The molecule has 0 heterocycles. The van der Waals surface area contributed by atoms with Crippen molar-refractivity contribution in [2.45, 2.75) is 58.3 Å². The first-order chi connectivity index (χ1) is 9.96. The molecule has 0 aliphatic rings. The third kappa shape index (κ3) is 10.3. The highest BCUT2D eigenvalue weighted by Crippen LogP contribution is 2.09. The molecular formula is C16H33N5. The van der Waals surface area contributed by atoms with Crippen molar-refractivity contribution in [2.75, 3.05) is 27.2 Å². The number of unbranched alkanes of at least 4 members (excludes halogenated alkanes) is 1. The largest absolute Gasteiger partial charge is 0.349 e. The van der Waals surface area contributed by atoms with Gasteiger partial charge in [-0.3, -0.25) is 15.2 Å². The topological polar surface area (TPSA) is 65.7 Å². The van der Waals surface area contributed by atoms with Crippen LogP contribution in [0.25, 0.3) is 0 Å². The fourth-order valence-electron chi connectivity index (χ4n) is 1.87. The van der Waals surface area contributed by atoms with Crippen LogP contribution in [0, 0.1) is 12.0 Å². The lowest BCUT2D eigenvalue weighted by atomic mass is 9.98. The van der Waals surface area contributed by atoms with Gasteiger partial charge in [0, 0.05) is 37.8 Å². The number of hydrogen-bond donors (Lipinski definition) is 3. The molecule has 0 aromatic heterocycles. The average molecular weight is 295 g/mol. The molecule has 0 saturated heterocycles. The molecule has 0 rings (SSSR count). The lowest BCUT2D eigenvalue weighted by Crippen LogP contribution is -2.45. The number of nitrogens with zero attached hydrogens (tertiary/aromatic N) is 2. The van der Waals surface area contributed by atoms with Crippen molar-refractivity contribution in [1.29, 1.82) is 0 Å². The van der Waals surface area contributed by atoms with E-state index in [9.17, 15) is 0 Å². The van der Waals surface area contributed by atoms with E-state index in [-0.39, 0.29) is 11.8 Å². The van der Waals surface area contributed by atoms with Crippen LogP contribution in [0.5, 0.6) is 0 Å². The van der Waals surface area contributed by atoms with Crippen molar-refractivity contribution < 1.29 is 0 Å². The zero-order valence-electron chi connectivity index (χ0n) is 14.4. The van der Waals surface area contributed by atoms with Crippen molar-refractivity contribution in [3.05, 3.63) is 0 Å². The lowest BCUT2D eigenvalue weighted by Gasteiger charge is -2.26. The van der Waals surface area contributed by atoms with Crippen molar-refractivity contribution in [1.82, 2.24) is 15.5 Å². The van der Waals surface area contributed by atoms with E-state index in [1.807, 2.05) is 27.2 Å². The van der Waals surface area contributed by atoms with Gasteiger partial charge in [0.1, 0.15) is 0 Å². The van der Waals surface area contributed by atoms with Gasteiger partial charge in [-0.2, -0.15) is 0 Å². The van der Waals surface area contributed by atoms with Gasteiger partial charge in [-0.1, -0.05) is 32.6 Å². The Balaban J connectivity index is 4.51. The summed E-state index contributed by atoms with van der Waals surface area (Å²) in [5.74, 6) is 3.06. The number of nitrogens with one attached hydrogen (secondary N) is 2. The Morgan fingerprint density at radius 1 is 1.43 bits per heavy atom. The minimum Gasteiger partial charge on any atom is -0.349 e. The molecule has 5 nitrogen and oxygen atoms in total. The lowest BCUT2D eigenvalue weighted by molar-refractivity contribution is 0.218. The first kappa shape index (κ1) is 19.9. The second kappa shape index (κ2) is 11.6. The highest BCUT2D eigenvalue weighted by Gasteiger charge is 2.17. The summed E-state index contributed by atoms with van der Waals surface area (Å²) >= 11 is 0. The van der Waals surface area contributed by atoms with Crippen LogP contribution in [0.4, 0.5) is 0 Å². The van der Waals surface area contributed by atoms with Crippen LogP contribution in [0.1, 0.15) is 46.5 Å². The van der Waals surface area contributed by atoms with Crippen LogP contribution >= 0.6 is 0 Å². The summed E-state index contributed by atoms with van der Waals surface area (Å²) in [6, 6.07) is 2.85. The standard InChI is InChI=1S/C16H33N5/c1-6-8-11-16(3,17)14-20-15(19-7-2)21(5)13-10-9-12-18-4/h14-15,18-19H,6-8,10-11,13,17H2,1-5H3/b20-14-/t15?,16-/m1/s1. The molecule has 0 spiro atoms. The van der Waals surface area contributed by atoms with Crippen LogP contribution in [0.15, 0.2) is 4.99 Å². The van der Waals surface area contributed by atoms with E-state index in [0.29, 0.717) is 0 Å². The summed E-state index contributed by atoms with van der Waals surface area (Å²) in [7, 11) is 3.87. The Morgan fingerprint density at radius 3 is 2.71 bits per heavy atom. The molecule has 0 aliphatic heterocycles. The van der Waals surface area contributed by atoms with Crippen LogP contribution in [-0.2, 0) is 0 Å². The van der Waals surface area contributed by atoms with Gasteiger partial charge in [0.25, 0.3) is 0 Å². The zero-order valence-corrected chi connectivity index (χ0v) is 14.4. The summed E-state index contributed by atoms with van der Waals surface area (Å²) in [5.41, 5.74) is 5.92. The fourth-order valence-corrected chi connectivity index (χ4v) is 1.87. The summed E-state index contributed by atoms with van der Waals surface area (Å²) in [6.07, 6.45) is 5.90. The van der Waals surface area contributed by atoms with E-state index in [1.165, 1.54) is 0 Å². The maximum atomic E-state index is 6.26. The Kier molecular flexibility index (Phi) is 11.0. The summed E-state index contributed by atoms with van der Waals surface area (Å²) in [4.78, 5) is 6.79. The van der Waals surface area contributed by atoms with Gasteiger partial charge in [-0.05, 0) is 26.9 Å². The number of rotatable bonds is 10. The van der Waals surface area contributed by atoms with Crippen LogP contribution in [0.3, 0.4) is 0 Å². The maximum absolute atomic E-state index is 6.26. The first-order valence-corrected chi connectivity index (χ1v) is 7.88. The Morgan fingerprint density at radius 2 is 2.14 bits per heavy atom. The molecule has 0 aromatic rings. The van der Waals surface area contributed by atoms with Crippen LogP contribution in [0.2, 0.25) is 0 Å². The number of aliphatic imine (C=N–C) groups is 1. The molecule has 0 aromatic carbocycles. The Labute approximate surface area is 130 Å². The molecule has 4 N–H and O–H groups in total. The van der Waals surface area contributed by atoms with Gasteiger partial charge >= 0.3 is 0 Å². The number of nitrogens with two attached hydrogens (primary N) is 1. The number of hydrogen-bond acceptors (Lipinski definition) is 5. The Hall–Kier alpha value is -1.09. The van der Waals surface area contributed by atoms with Crippen molar-refractivity contribution in [3.63, 3.8) is 0 Å². The molecular weight excluding hydrogens is 262 g/mol. The van der Waals surface area contributed by atoms with Crippen LogP contribution < -0.4 is 16.4 Å². The highest BCUT2D eigenvalue weighted by atomic mass is 15.3. The van der Waals surface area contributed by atoms with E-state index in [2.05, 4.69) is 46.3 Å². The van der Waals surface area contributed by atoms with Gasteiger partial charge < -0.3 is 11.1 Å². The predicted octanol–water partition coefficient (Wildman–Crippen LogP) is 1.36. The molecule has 122 valence electrons. The SMILES string of the molecule is CCCC[C@@](C)(N)/C=N\C(NCC)N(C)CCC#CNC. The van der Waals surface area contributed by atoms with Gasteiger partial charge in [0.05, 0.1) is 0 Å². The molecule has 0 saturated carbocycles. The van der Waals surface area contributed by atoms with Crippen molar-refractivity contribution in [3.8, 4) is 12.0 Å². The quantitative estimate of drug-likeness (QED) is 0.246. The van der Waals surface area contributed by atoms with Gasteiger partial charge in [0.15, 0.2) is 6.29 Å². The third-order valence-corrected chi connectivity index (χ3v) is 3.19. The molecule has 1 unspecified atom stereocenters. The van der Waals surface area contributed by atoms with Crippen molar-refractivity contribution >= 4 is 6.21 Å². The monoisotopic (exact) mass is 295 g/mol. The summed E-state index contributed by atoms with van der Waals surface area (Å²) in [6.45, 7) is 8.02. The minimum atomic E-state index is -0.337. The molecule has 0 radical (unpaired) electrons. The molecule has 2 atom stereocenters. The summed E-state index contributed by atoms with van der Waals surface area (Å²) in [5, 5.41) is 6.18. The zero-order chi connectivity index (χ0) is 16.1. The maximum Gasteiger partial charge on any atom is 0.155 e. The minimum absolute atomic E-state index is 0.0455. The van der Waals surface area contributed by atoms with E-state index < -0.39 is 0 Å².